The normalized spacial score (nSPS) is 29.6. The van der Waals surface area contributed by atoms with E-state index >= 15 is 0 Å². The van der Waals surface area contributed by atoms with Gasteiger partial charge in [0.15, 0.2) is 29.4 Å². The first-order chi connectivity index (χ1) is 27.0. The molecule has 0 saturated carbocycles. The Balaban J connectivity index is 1.23. The van der Waals surface area contributed by atoms with E-state index in [1.807, 2.05) is 6.92 Å². The number of allylic oxidation sites excluding steroid dienone is 1. The van der Waals surface area contributed by atoms with Crippen LogP contribution in [0.4, 0.5) is 11.8 Å². The van der Waals surface area contributed by atoms with Crippen LogP contribution in [0, 0.1) is 0 Å². The second-order valence-corrected chi connectivity index (χ2v) is 20.8. The lowest BCUT2D eigenvalue weighted by atomic mass is 10.1. The highest BCUT2D eigenvalue weighted by atomic mass is 32.7. The summed E-state index contributed by atoms with van der Waals surface area (Å²) in [5, 5.41) is 21.6. The van der Waals surface area contributed by atoms with Gasteiger partial charge in [0.1, 0.15) is 36.2 Å². The summed E-state index contributed by atoms with van der Waals surface area (Å²) >= 11 is -0.112. The van der Waals surface area contributed by atoms with E-state index in [2.05, 4.69) is 33.5 Å². The Morgan fingerprint density at radius 2 is 1.64 bits per heavy atom. The Kier molecular flexibility index (Phi) is 13.1. The largest absolute Gasteiger partial charge is 0.488 e. The minimum atomic E-state index is -5.84. The number of imidazole rings is 2. The highest BCUT2D eigenvalue weighted by molar-refractivity contribution is 8.55. The molecule has 2 saturated heterocycles. The zero-order chi connectivity index (χ0) is 42.5. The first-order valence-corrected chi connectivity index (χ1v) is 24.2. The average Bonchev–Trinajstić information content (AvgIpc) is 3.85. The molecule has 0 aliphatic carbocycles. The van der Waals surface area contributed by atoms with Gasteiger partial charge in [-0.15, -0.1) is 0 Å². The minimum absolute atomic E-state index is 0.112. The van der Waals surface area contributed by atoms with Crippen LogP contribution in [0.2, 0.25) is 0 Å². The number of aliphatic hydroxyl groups excluding tert-OH is 2. The van der Waals surface area contributed by atoms with Crippen molar-refractivity contribution in [2.24, 2.45) is 10.7 Å². The van der Waals surface area contributed by atoms with Crippen LogP contribution >= 0.6 is 41.6 Å². The van der Waals surface area contributed by atoms with Crippen molar-refractivity contribution in [2.45, 2.75) is 68.8 Å². The number of nitrogens with zero attached hydrogens (tertiary/aromatic N) is 6. The van der Waals surface area contributed by atoms with Gasteiger partial charge in [-0.25, -0.2) is 33.2 Å². The molecule has 0 spiro atoms. The van der Waals surface area contributed by atoms with E-state index in [4.69, 9.17) is 44.5 Å². The topological polar surface area (TPSA) is 420 Å². The molecule has 322 valence electrons. The number of anilines is 1. The molecule has 28 nitrogen and oxygen atoms in total. The number of rotatable bonds is 16. The maximum Gasteiger partial charge on any atom is 0.488 e. The number of nitrogens with two attached hydrogens (primary N) is 2. The number of aliphatic imine (C=N–C) groups is 1. The van der Waals surface area contributed by atoms with Gasteiger partial charge >= 0.3 is 30.3 Å². The van der Waals surface area contributed by atoms with Crippen LogP contribution in [0.25, 0.3) is 16.9 Å². The van der Waals surface area contributed by atoms with Crippen molar-refractivity contribution >= 4 is 76.5 Å². The van der Waals surface area contributed by atoms with Crippen LogP contribution in [0.1, 0.15) is 37.9 Å². The zero-order valence-electron chi connectivity index (χ0n) is 29.7. The molecule has 12 N–H and O–H groups in total. The van der Waals surface area contributed by atoms with Crippen LogP contribution in [-0.4, -0.2) is 126 Å². The van der Waals surface area contributed by atoms with E-state index in [1.165, 1.54) is 18.0 Å². The summed E-state index contributed by atoms with van der Waals surface area (Å²) in [4.78, 5) is 79.8. The fourth-order valence-corrected chi connectivity index (χ4v) is 12.7. The summed E-state index contributed by atoms with van der Waals surface area (Å²) in [7, 11) is -15.7. The van der Waals surface area contributed by atoms with E-state index in [1.54, 1.807) is 6.21 Å². The number of H-pyrrole nitrogens is 1. The minimum Gasteiger partial charge on any atom is -0.397 e. The number of aromatic nitrogens is 6. The summed E-state index contributed by atoms with van der Waals surface area (Å²) in [6.45, 7) is -4.36. The Labute approximate surface area is 328 Å². The molecule has 0 radical (unpaired) electrons. The Morgan fingerprint density at radius 3 is 2.31 bits per heavy atom. The molecule has 58 heavy (non-hydrogen) atoms. The van der Waals surface area contributed by atoms with E-state index < -0.39 is 97.3 Å². The number of phosphoric acid groups is 3. The smallest absolute Gasteiger partial charge is 0.397 e. The zero-order valence-corrected chi connectivity index (χ0v) is 34.1. The summed E-state index contributed by atoms with van der Waals surface area (Å²) in [5.74, 6) is -0.871. The fourth-order valence-electron chi connectivity index (χ4n) is 6.21. The number of nitrogens with one attached hydrogen (secondary N) is 1. The number of methoxy groups -OCH3 is 1. The highest BCUT2D eigenvalue weighted by Crippen LogP contribution is 2.71. The van der Waals surface area contributed by atoms with Crippen molar-refractivity contribution in [3.8, 4) is 0 Å². The van der Waals surface area contributed by atoms with Crippen LogP contribution in [0.15, 0.2) is 28.0 Å². The van der Waals surface area contributed by atoms with Gasteiger partial charge in [0, 0.05) is 25.5 Å². The van der Waals surface area contributed by atoms with Gasteiger partial charge in [-0.05, 0) is 23.4 Å². The average molecular weight is 924 g/mol. The van der Waals surface area contributed by atoms with E-state index in [0.717, 1.165) is 16.5 Å². The Bertz CT molecular complexity index is 2350. The molecule has 3 aliphatic rings. The molecule has 6 heterocycles. The number of hydrogen-bond acceptors (Lipinski definition) is 21. The lowest BCUT2D eigenvalue weighted by molar-refractivity contribution is -0.0581. The molecule has 0 aromatic carbocycles. The van der Waals surface area contributed by atoms with Gasteiger partial charge in [-0.3, -0.25) is 28.0 Å². The maximum atomic E-state index is 13.5. The molecular weight excluding hydrogens is 886 g/mol. The van der Waals surface area contributed by atoms with Crippen molar-refractivity contribution in [1.29, 1.82) is 0 Å². The highest BCUT2D eigenvalue weighted by Gasteiger charge is 2.53. The second-order valence-electron chi connectivity index (χ2n) is 12.5. The second kappa shape index (κ2) is 17.0. The molecular formula is C25H37N9O19P4S. The number of hydrogen-bond donors (Lipinski definition) is 10. The van der Waals surface area contributed by atoms with Crippen LogP contribution in [0.3, 0.4) is 0 Å². The number of fused-ring (bicyclic) bond motifs is 2. The van der Waals surface area contributed by atoms with E-state index in [0.29, 0.717) is 18.5 Å². The van der Waals surface area contributed by atoms with Gasteiger partial charge in [0.2, 0.25) is 5.95 Å². The third-order valence-electron chi connectivity index (χ3n) is 8.75. The van der Waals surface area contributed by atoms with Gasteiger partial charge in [0.25, 0.3) is 5.56 Å². The number of ether oxygens (including phenoxy) is 3. The lowest BCUT2D eigenvalue weighted by Crippen LogP contribution is -2.37. The molecule has 2 fully saturated rings. The first-order valence-electron chi connectivity index (χ1n) is 16.5. The first kappa shape index (κ1) is 44.8. The third-order valence-corrected chi connectivity index (χ3v) is 15.9. The van der Waals surface area contributed by atoms with Crippen LogP contribution in [-0.2, 0) is 50.1 Å². The predicted molar refractivity (Wildman–Crippen MR) is 197 cm³/mol. The maximum absolute atomic E-state index is 13.5. The van der Waals surface area contributed by atoms with Crippen molar-refractivity contribution in [2.75, 3.05) is 25.2 Å². The Morgan fingerprint density at radius 1 is 0.948 bits per heavy atom. The summed E-state index contributed by atoms with van der Waals surface area (Å²) in [5.41, 5.74) is 12.4. The molecule has 0 bridgehead atoms. The summed E-state index contributed by atoms with van der Waals surface area (Å²) in [6, 6.07) is 0. The molecule has 33 heteroatoms. The van der Waals surface area contributed by atoms with E-state index in [-0.39, 0.29) is 40.0 Å². The molecule has 6 rings (SSSR count). The predicted octanol–water partition coefficient (Wildman–Crippen LogP) is -0.122. The van der Waals surface area contributed by atoms with Crippen LogP contribution in [0.5, 0.6) is 0 Å². The van der Waals surface area contributed by atoms with Crippen molar-refractivity contribution in [3.05, 3.63) is 34.3 Å². The van der Waals surface area contributed by atoms with Gasteiger partial charge in [-0.1, -0.05) is 6.92 Å². The standard InChI is InChI=1S/C25H37N9O19P4S/c1-3-10-4-5-28-20-14(13(10)26)29-8-33(20)24-19(47-2)18(12(50-24)7-58-57(45,46)53-56(43,44)52-54(38,39)40)51-55(41,42)48-6-11-16(35)17(36)23(49-11)34-9-30-15-21(34)31-25(27)32-22(15)37/h5,8-9,11-12,16-19,23-24,35-36H,3-4,6-7,26H2,1-2H3,(H,41,42)(H,43,44)(H,45,46)(H2,38,39,40)(H3,27,31,32,37)/t11-,12-,16-,17-,18-,19-,23-,24-/m1/s1. The van der Waals surface area contributed by atoms with Crippen LogP contribution < -0.4 is 17.0 Å². The lowest BCUT2D eigenvalue weighted by Gasteiger charge is -2.26. The van der Waals surface area contributed by atoms with Gasteiger partial charge in [0.05, 0.1) is 31.1 Å². The van der Waals surface area contributed by atoms with Gasteiger partial charge < -0.3 is 60.4 Å². The Hall–Kier alpha value is -2.72. The monoisotopic (exact) mass is 923 g/mol. The molecule has 3 aromatic heterocycles. The van der Waals surface area contributed by atoms with Gasteiger partial charge in [-0.2, -0.15) is 13.6 Å². The van der Waals surface area contributed by atoms with Crippen molar-refractivity contribution in [3.63, 3.8) is 0 Å². The van der Waals surface area contributed by atoms with Crippen molar-refractivity contribution in [1.82, 2.24) is 29.1 Å². The fraction of sp³-hybridized carbons (Fsp3) is 0.560. The summed E-state index contributed by atoms with van der Waals surface area (Å²) < 4.78 is 87.7. The van der Waals surface area contributed by atoms with E-state index in [9.17, 15) is 47.9 Å². The number of phosphoric ester groups is 1. The molecule has 11 atom stereocenters. The SMILES string of the molecule is CCC1=C(N)c2ncn([C@@H]3O[C@H](CSP(=O)(O)OP(=O)(O)OP(=O)(O)O)[C@@H](OP(=O)(O)OC[C@H]4O[C@@H](n5cnc6c(=O)[nH]c(N)nc65)[C@H](O)[C@@H]4O)[C@H]3OC)c2N=CC1. The number of aliphatic hydroxyl groups is 2. The number of nitrogen functional groups attached to an aromatic ring is 1. The quantitative estimate of drug-likeness (QED) is 0.0837. The third kappa shape index (κ3) is 9.74. The number of aromatic amines is 1. The molecule has 3 unspecified atom stereocenters. The summed E-state index contributed by atoms with van der Waals surface area (Å²) in [6.07, 6.45) is -7.50. The molecule has 3 aliphatic heterocycles. The molecule has 3 aromatic rings. The molecule has 0 amide bonds. The van der Waals surface area contributed by atoms with Crippen molar-refractivity contribution < 1.29 is 84.8 Å².